The molecule has 61 heavy (non-hydrogen) atoms. The predicted molar refractivity (Wildman–Crippen MR) is 254 cm³/mol. The van der Waals surface area contributed by atoms with Crippen molar-refractivity contribution in [3.63, 3.8) is 0 Å². The monoisotopic (exact) mass is 781 g/mol. The molecule has 0 aliphatic heterocycles. The van der Waals surface area contributed by atoms with Crippen LogP contribution >= 0.6 is 0 Å². The smallest absolute Gasteiger partial charge is 0.143 e. The first-order valence-corrected chi connectivity index (χ1v) is 21.3. The molecule has 1 unspecified atom stereocenters. The number of para-hydroxylation sites is 2. The largest absolute Gasteiger partial charge is 0.455 e. The van der Waals surface area contributed by atoms with Gasteiger partial charge in [0, 0.05) is 44.1 Å². The first-order valence-electron chi connectivity index (χ1n) is 21.3. The maximum atomic E-state index is 6.81. The van der Waals surface area contributed by atoms with E-state index in [2.05, 4.69) is 232 Å². The van der Waals surface area contributed by atoms with Crippen molar-refractivity contribution >= 4 is 39.0 Å². The van der Waals surface area contributed by atoms with Crippen LogP contribution in [0.2, 0.25) is 0 Å². The van der Waals surface area contributed by atoms with Crippen LogP contribution in [-0.4, -0.2) is 0 Å². The molecule has 0 saturated carbocycles. The quantitative estimate of drug-likeness (QED) is 0.167. The molecule has 0 spiro atoms. The minimum atomic E-state index is -0.340. The first-order chi connectivity index (χ1) is 29.9. The highest BCUT2D eigenvalue weighted by molar-refractivity contribution is 6.16. The summed E-state index contributed by atoms with van der Waals surface area (Å²) in [5.74, 6) is 0. The fraction of sp³-hybridized carbons (Fsp3) is 0.0847. The van der Waals surface area contributed by atoms with Gasteiger partial charge in [0.2, 0.25) is 0 Å². The van der Waals surface area contributed by atoms with Crippen LogP contribution in [0.25, 0.3) is 66.4 Å². The zero-order valence-electron chi connectivity index (χ0n) is 34.5. The molecule has 0 N–H and O–H groups in total. The molecule has 1 heterocycles. The topological polar surface area (TPSA) is 16.4 Å². The van der Waals surface area contributed by atoms with Crippen LogP contribution in [-0.2, 0) is 10.8 Å². The lowest BCUT2D eigenvalue weighted by molar-refractivity contribution is 0.660. The summed E-state index contributed by atoms with van der Waals surface area (Å²) >= 11 is 0. The van der Waals surface area contributed by atoms with E-state index in [1.165, 1.54) is 50.1 Å². The average molecular weight is 782 g/mol. The van der Waals surface area contributed by atoms with Crippen LogP contribution < -0.4 is 4.90 Å². The molecule has 10 aromatic rings. The second-order valence-electron chi connectivity index (χ2n) is 17.3. The molecule has 2 heteroatoms. The third kappa shape index (κ3) is 5.15. The van der Waals surface area contributed by atoms with Crippen molar-refractivity contribution in [1.29, 1.82) is 0 Å². The Labute approximate surface area is 357 Å². The summed E-state index contributed by atoms with van der Waals surface area (Å²) in [6.07, 6.45) is 0. The lowest BCUT2D eigenvalue weighted by atomic mass is 9.74. The third-order valence-electron chi connectivity index (χ3n) is 13.8. The van der Waals surface area contributed by atoms with Gasteiger partial charge in [-0.2, -0.15) is 0 Å². The number of hydrogen-bond acceptors (Lipinski definition) is 2. The molecule has 0 fully saturated rings. The van der Waals surface area contributed by atoms with Gasteiger partial charge < -0.3 is 9.32 Å². The van der Waals surface area contributed by atoms with Crippen LogP contribution in [0.3, 0.4) is 0 Å². The van der Waals surface area contributed by atoms with E-state index in [1.807, 2.05) is 0 Å². The van der Waals surface area contributed by atoms with Gasteiger partial charge in [-0.25, -0.2) is 0 Å². The van der Waals surface area contributed by atoms with Gasteiger partial charge in [0.15, 0.2) is 0 Å². The predicted octanol–water partition coefficient (Wildman–Crippen LogP) is 16.0. The molecule has 290 valence electrons. The van der Waals surface area contributed by atoms with Crippen LogP contribution in [0.5, 0.6) is 0 Å². The molecule has 0 radical (unpaired) electrons. The number of fused-ring (bicyclic) bond motifs is 9. The van der Waals surface area contributed by atoms with Gasteiger partial charge in [-0.1, -0.05) is 184 Å². The summed E-state index contributed by atoms with van der Waals surface area (Å²) < 4.78 is 6.81. The number of nitrogens with zero attached hydrogens (tertiary/aromatic N) is 1. The van der Waals surface area contributed by atoms with Gasteiger partial charge in [-0.05, 0) is 105 Å². The van der Waals surface area contributed by atoms with Crippen molar-refractivity contribution in [2.75, 3.05) is 4.90 Å². The second-order valence-corrected chi connectivity index (χ2v) is 17.3. The minimum absolute atomic E-state index is 0.156. The highest BCUT2D eigenvalue weighted by Crippen LogP contribution is 2.56. The third-order valence-corrected chi connectivity index (χ3v) is 13.8. The van der Waals surface area contributed by atoms with Gasteiger partial charge in [-0.15, -0.1) is 0 Å². The molecular formula is C59H43NO. The van der Waals surface area contributed by atoms with Crippen molar-refractivity contribution in [1.82, 2.24) is 0 Å². The van der Waals surface area contributed by atoms with E-state index >= 15 is 0 Å². The SMILES string of the molecule is CC1(C)c2ccccc2-c2ccc(N(c3ccc4c(c3)C(C)(c3ccccc3)c3ccccc3-4)c3ccccc3-c3cccc4oc5c(-c6ccccc6)cccc5c34)cc21. The summed E-state index contributed by atoms with van der Waals surface area (Å²) in [5, 5.41) is 2.23. The number of benzene rings is 9. The molecule has 1 aromatic heterocycles. The van der Waals surface area contributed by atoms with Gasteiger partial charge in [-0.3, -0.25) is 0 Å². The Morgan fingerprint density at radius 2 is 0.934 bits per heavy atom. The Balaban J connectivity index is 1.11. The fourth-order valence-corrected chi connectivity index (χ4v) is 10.8. The number of rotatable bonds is 6. The molecule has 2 aliphatic carbocycles. The van der Waals surface area contributed by atoms with Crippen LogP contribution in [0, 0.1) is 0 Å². The van der Waals surface area contributed by atoms with Gasteiger partial charge in [0.1, 0.15) is 11.2 Å². The van der Waals surface area contributed by atoms with Crippen LogP contribution in [0.1, 0.15) is 48.6 Å². The lowest BCUT2D eigenvalue weighted by Crippen LogP contribution is -2.23. The van der Waals surface area contributed by atoms with E-state index < -0.39 is 0 Å². The fourth-order valence-electron chi connectivity index (χ4n) is 10.8. The van der Waals surface area contributed by atoms with E-state index in [1.54, 1.807) is 0 Å². The Hall–Kier alpha value is -7.42. The summed E-state index contributed by atoms with van der Waals surface area (Å²) in [6.45, 7) is 7.14. The standard InChI is InChI=1S/C59H43NO/c1-58(2)50-28-13-10-22-43(50)45-34-32-40(36-52(45)58)60(41-33-35-46-44-23-11-14-29-51(44)59(3,53(46)37-41)39-20-8-5-9-21-39)54-30-15-12-24-47(54)48-26-17-31-55-56(48)49-27-16-25-42(57(49)61-55)38-18-6-4-7-19-38/h4-37H,1-3H3. The Kier molecular flexibility index (Phi) is 7.74. The van der Waals surface area contributed by atoms with Crippen molar-refractivity contribution in [3.05, 3.63) is 234 Å². The molecule has 1 atom stereocenters. The minimum Gasteiger partial charge on any atom is -0.455 e. The molecule has 12 rings (SSSR count). The Morgan fingerprint density at radius 1 is 0.393 bits per heavy atom. The van der Waals surface area contributed by atoms with E-state index in [0.717, 1.165) is 61.3 Å². The highest BCUT2D eigenvalue weighted by Gasteiger charge is 2.41. The van der Waals surface area contributed by atoms with Crippen LogP contribution in [0.4, 0.5) is 17.1 Å². The van der Waals surface area contributed by atoms with Crippen LogP contribution in [0.15, 0.2) is 211 Å². The maximum absolute atomic E-state index is 6.81. The van der Waals surface area contributed by atoms with Crippen molar-refractivity contribution in [2.45, 2.75) is 31.6 Å². The second kappa shape index (κ2) is 13.3. The van der Waals surface area contributed by atoms with E-state index in [-0.39, 0.29) is 10.8 Å². The molecule has 0 amide bonds. The highest BCUT2D eigenvalue weighted by atomic mass is 16.3. The lowest BCUT2D eigenvalue weighted by Gasteiger charge is -2.32. The summed E-state index contributed by atoms with van der Waals surface area (Å²) in [5.41, 5.74) is 21.0. The zero-order valence-corrected chi connectivity index (χ0v) is 34.5. The van der Waals surface area contributed by atoms with E-state index in [0.29, 0.717) is 0 Å². The average Bonchev–Trinajstić information content (AvgIpc) is 3.91. The summed E-state index contributed by atoms with van der Waals surface area (Å²) in [4.78, 5) is 2.50. The van der Waals surface area contributed by atoms with E-state index in [4.69, 9.17) is 4.42 Å². The molecule has 0 saturated heterocycles. The molecule has 9 aromatic carbocycles. The van der Waals surface area contributed by atoms with Crippen molar-refractivity contribution in [3.8, 4) is 44.5 Å². The zero-order chi connectivity index (χ0) is 40.9. The normalized spacial score (nSPS) is 15.7. The molecule has 0 bridgehead atoms. The Morgan fingerprint density at radius 3 is 1.69 bits per heavy atom. The molecule has 2 nitrogen and oxygen atoms in total. The Bertz CT molecular complexity index is 3360. The first kappa shape index (κ1) is 35.5. The number of hydrogen-bond donors (Lipinski definition) is 0. The van der Waals surface area contributed by atoms with Crippen molar-refractivity contribution in [2.24, 2.45) is 0 Å². The molecule has 2 aliphatic rings. The maximum Gasteiger partial charge on any atom is 0.143 e. The molecular weight excluding hydrogens is 739 g/mol. The van der Waals surface area contributed by atoms with Gasteiger partial charge in [0.05, 0.1) is 5.69 Å². The number of furan rings is 1. The van der Waals surface area contributed by atoms with E-state index in [9.17, 15) is 0 Å². The number of anilines is 3. The summed E-state index contributed by atoms with van der Waals surface area (Å²) in [7, 11) is 0. The summed E-state index contributed by atoms with van der Waals surface area (Å²) in [6, 6.07) is 75.7. The van der Waals surface area contributed by atoms with Gasteiger partial charge >= 0.3 is 0 Å². The van der Waals surface area contributed by atoms with Crippen molar-refractivity contribution < 1.29 is 4.42 Å². The van der Waals surface area contributed by atoms with Gasteiger partial charge in [0.25, 0.3) is 0 Å².